The van der Waals surface area contributed by atoms with Crippen LogP contribution in [-0.4, -0.2) is 38.5 Å². The van der Waals surface area contributed by atoms with E-state index in [0.29, 0.717) is 25.0 Å². The van der Waals surface area contributed by atoms with Gasteiger partial charge in [-0.3, -0.25) is 9.79 Å². The Bertz CT molecular complexity index is 796. The maximum atomic E-state index is 12.9. The number of nitrogens with one attached hydrogen (secondary N) is 3. The molecule has 1 unspecified atom stereocenters. The van der Waals surface area contributed by atoms with Gasteiger partial charge in [-0.25, -0.2) is 4.39 Å². The van der Waals surface area contributed by atoms with Crippen molar-refractivity contribution in [1.82, 2.24) is 16.0 Å². The van der Waals surface area contributed by atoms with Gasteiger partial charge in [0.2, 0.25) is 5.91 Å². The van der Waals surface area contributed by atoms with Crippen LogP contribution in [0, 0.1) is 12.7 Å². The number of benzene rings is 2. The van der Waals surface area contributed by atoms with Crippen LogP contribution in [0.4, 0.5) is 4.39 Å². The molecule has 2 aromatic rings. The average molecular weight is 512 g/mol. The van der Waals surface area contributed by atoms with Gasteiger partial charge in [-0.05, 0) is 36.1 Å². The Labute approximate surface area is 189 Å². The number of amides is 1. The number of carbonyl (C=O) groups is 1. The molecule has 0 saturated carbocycles. The third kappa shape index (κ3) is 9.25. The van der Waals surface area contributed by atoms with Gasteiger partial charge in [0, 0.05) is 26.7 Å². The van der Waals surface area contributed by atoms with E-state index in [0.717, 1.165) is 12.1 Å². The molecule has 0 aliphatic carbocycles. The molecule has 0 spiro atoms. The molecule has 158 valence electrons. The Hall–Kier alpha value is -2.16. The van der Waals surface area contributed by atoms with Gasteiger partial charge < -0.3 is 16.0 Å². The van der Waals surface area contributed by atoms with E-state index in [1.54, 1.807) is 19.2 Å². The molecule has 29 heavy (non-hydrogen) atoms. The Kier molecular flexibility index (Phi) is 11.3. The molecular formula is C22H30FIN4O. The van der Waals surface area contributed by atoms with Gasteiger partial charge in [-0.2, -0.15) is 0 Å². The molecule has 0 aromatic heterocycles. The molecule has 0 saturated heterocycles. The number of guanidine groups is 1. The Morgan fingerprint density at radius 2 is 1.76 bits per heavy atom. The van der Waals surface area contributed by atoms with Crippen LogP contribution < -0.4 is 16.0 Å². The first-order valence-electron chi connectivity index (χ1n) is 9.50. The van der Waals surface area contributed by atoms with Crippen LogP contribution in [0.1, 0.15) is 29.5 Å². The van der Waals surface area contributed by atoms with Gasteiger partial charge in [0.05, 0.1) is 6.42 Å². The van der Waals surface area contributed by atoms with Crippen molar-refractivity contribution in [3.8, 4) is 0 Å². The fraction of sp³-hybridized carbons (Fsp3) is 0.364. The van der Waals surface area contributed by atoms with E-state index in [4.69, 9.17) is 0 Å². The standard InChI is InChI=1S/C22H29FN4O.HI/c1-16-5-4-6-19(13-16)17(2)15-27-22(24-3)26-12-11-25-21(28)14-18-7-9-20(23)10-8-18;/h4-10,13,17H,11-12,14-15H2,1-3H3,(H,25,28)(H2,24,26,27);1H. The van der Waals surface area contributed by atoms with Crippen LogP contribution in [0.5, 0.6) is 0 Å². The third-order valence-corrected chi connectivity index (χ3v) is 4.43. The van der Waals surface area contributed by atoms with E-state index in [2.05, 4.69) is 59.1 Å². The van der Waals surface area contributed by atoms with Crippen LogP contribution in [0.25, 0.3) is 0 Å². The highest BCUT2D eigenvalue weighted by atomic mass is 127. The quantitative estimate of drug-likeness (QED) is 0.220. The lowest BCUT2D eigenvalue weighted by Crippen LogP contribution is -2.42. The zero-order valence-corrected chi connectivity index (χ0v) is 19.5. The number of rotatable bonds is 8. The number of carbonyl (C=O) groups excluding carboxylic acids is 1. The van der Waals surface area contributed by atoms with Crippen molar-refractivity contribution in [2.75, 3.05) is 26.7 Å². The summed E-state index contributed by atoms with van der Waals surface area (Å²) in [5, 5.41) is 9.34. The first-order valence-corrected chi connectivity index (χ1v) is 9.50. The lowest BCUT2D eigenvalue weighted by atomic mass is 9.99. The van der Waals surface area contributed by atoms with Crippen molar-refractivity contribution in [2.45, 2.75) is 26.2 Å². The van der Waals surface area contributed by atoms with E-state index in [1.165, 1.54) is 23.3 Å². The number of nitrogens with zero attached hydrogens (tertiary/aromatic N) is 1. The minimum Gasteiger partial charge on any atom is -0.356 e. The largest absolute Gasteiger partial charge is 0.356 e. The van der Waals surface area contributed by atoms with Gasteiger partial charge in [-0.1, -0.05) is 48.9 Å². The summed E-state index contributed by atoms with van der Waals surface area (Å²) in [6, 6.07) is 14.4. The van der Waals surface area contributed by atoms with Gasteiger partial charge in [0.15, 0.2) is 5.96 Å². The number of aryl methyl sites for hydroxylation is 1. The number of aliphatic imine (C=N–C) groups is 1. The van der Waals surface area contributed by atoms with Crippen LogP contribution in [0.3, 0.4) is 0 Å². The molecular weight excluding hydrogens is 482 g/mol. The fourth-order valence-corrected chi connectivity index (χ4v) is 2.80. The lowest BCUT2D eigenvalue weighted by Gasteiger charge is -2.17. The van der Waals surface area contributed by atoms with Crippen LogP contribution in [0.2, 0.25) is 0 Å². The SMILES string of the molecule is CN=C(NCCNC(=O)Cc1ccc(F)cc1)NCC(C)c1cccc(C)c1.I. The van der Waals surface area contributed by atoms with Crippen molar-refractivity contribution < 1.29 is 9.18 Å². The van der Waals surface area contributed by atoms with E-state index in [-0.39, 0.29) is 42.1 Å². The summed E-state index contributed by atoms with van der Waals surface area (Å²) < 4.78 is 12.9. The van der Waals surface area contributed by atoms with Gasteiger partial charge >= 0.3 is 0 Å². The molecule has 0 bridgehead atoms. The predicted octanol–water partition coefficient (Wildman–Crippen LogP) is 3.38. The summed E-state index contributed by atoms with van der Waals surface area (Å²) in [4.78, 5) is 16.1. The second-order valence-electron chi connectivity index (χ2n) is 6.85. The monoisotopic (exact) mass is 512 g/mol. The summed E-state index contributed by atoms with van der Waals surface area (Å²) in [7, 11) is 1.72. The normalized spacial score (nSPS) is 11.9. The van der Waals surface area contributed by atoms with Gasteiger partial charge in [0.25, 0.3) is 0 Å². The predicted molar refractivity (Wildman–Crippen MR) is 127 cm³/mol. The molecule has 5 nitrogen and oxygen atoms in total. The molecule has 0 aliphatic heterocycles. The maximum Gasteiger partial charge on any atom is 0.224 e. The minimum absolute atomic E-state index is 0. The Morgan fingerprint density at radius 3 is 2.41 bits per heavy atom. The van der Waals surface area contributed by atoms with Gasteiger partial charge in [-0.15, -0.1) is 24.0 Å². The highest BCUT2D eigenvalue weighted by molar-refractivity contribution is 14.0. The smallest absolute Gasteiger partial charge is 0.224 e. The summed E-state index contributed by atoms with van der Waals surface area (Å²) in [5.41, 5.74) is 3.33. The van der Waals surface area contributed by atoms with E-state index in [9.17, 15) is 9.18 Å². The molecule has 2 rings (SSSR count). The fourth-order valence-electron chi connectivity index (χ4n) is 2.80. The number of halogens is 2. The van der Waals surface area contributed by atoms with E-state index >= 15 is 0 Å². The van der Waals surface area contributed by atoms with Crippen molar-refractivity contribution in [2.24, 2.45) is 4.99 Å². The second-order valence-corrected chi connectivity index (χ2v) is 6.85. The second kappa shape index (κ2) is 13.1. The molecule has 0 aliphatic rings. The molecule has 1 amide bonds. The summed E-state index contributed by atoms with van der Waals surface area (Å²) in [6.45, 7) is 6.07. The zero-order chi connectivity index (χ0) is 20.4. The van der Waals surface area contributed by atoms with E-state index < -0.39 is 0 Å². The van der Waals surface area contributed by atoms with Crippen molar-refractivity contribution in [1.29, 1.82) is 0 Å². The van der Waals surface area contributed by atoms with Gasteiger partial charge in [0.1, 0.15) is 5.82 Å². The Morgan fingerprint density at radius 1 is 1.07 bits per heavy atom. The number of hydrogen-bond donors (Lipinski definition) is 3. The van der Waals surface area contributed by atoms with Crippen molar-refractivity contribution in [3.05, 3.63) is 71.0 Å². The molecule has 0 heterocycles. The van der Waals surface area contributed by atoms with Crippen LogP contribution in [0.15, 0.2) is 53.5 Å². The molecule has 0 radical (unpaired) electrons. The topological polar surface area (TPSA) is 65.5 Å². The third-order valence-electron chi connectivity index (χ3n) is 4.43. The Balaban J connectivity index is 0.00000420. The first-order chi connectivity index (χ1) is 13.5. The minimum atomic E-state index is -0.302. The molecule has 0 fully saturated rings. The highest BCUT2D eigenvalue weighted by Gasteiger charge is 2.07. The molecule has 7 heteroatoms. The van der Waals surface area contributed by atoms with Crippen LogP contribution in [-0.2, 0) is 11.2 Å². The van der Waals surface area contributed by atoms with E-state index in [1.807, 2.05) is 0 Å². The molecule has 3 N–H and O–H groups in total. The summed E-state index contributed by atoms with van der Waals surface area (Å²) in [6.07, 6.45) is 0.237. The molecule has 1 atom stereocenters. The van der Waals surface area contributed by atoms with Crippen LogP contribution >= 0.6 is 24.0 Å². The van der Waals surface area contributed by atoms with Crippen molar-refractivity contribution >= 4 is 35.8 Å². The maximum absolute atomic E-state index is 12.9. The zero-order valence-electron chi connectivity index (χ0n) is 17.2. The molecule has 2 aromatic carbocycles. The lowest BCUT2D eigenvalue weighted by molar-refractivity contribution is -0.120. The van der Waals surface area contributed by atoms with Crippen molar-refractivity contribution in [3.63, 3.8) is 0 Å². The number of hydrogen-bond acceptors (Lipinski definition) is 2. The summed E-state index contributed by atoms with van der Waals surface area (Å²) in [5.74, 6) is 0.662. The average Bonchev–Trinajstić information content (AvgIpc) is 2.69. The highest BCUT2D eigenvalue weighted by Crippen LogP contribution is 2.15. The summed E-state index contributed by atoms with van der Waals surface area (Å²) >= 11 is 0. The first kappa shape index (κ1) is 24.9.